The van der Waals surface area contributed by atoms with Gasteiger partial charge in [0.15, 0.2) is 5.96 Å². The molecule has 3 rings (SSSR count). The van der Waals surface area contributed by atoms with Gasteiger partial charge in [0, 0.05) is 38.8 Å². The molecule has 0 spiro atoms. The first kappa shape index (κ1) is 18.8. The number of nitrogens with zero attached hydrogens (tertiary/aromatic N) is 4. The number of likely N-dealkylation sites (tertiary alicyclic amines) is 1. The molecular formula is C20H33N5O. The van der Waals surface area contributed by atoms with E-state index in [9.17, 15) is 0 Å². The van der Waals surface area contributed by atoms with E-state index in [0.29, 0.717) is 6.04 Å². The highest BCUT2D eigenvalue weighted by atomic mass is 16.5. The first-order chi connectivity index (χ1) is 12.7. The van der Waals surface area contributed by atoms with Gasteiger partial charge in [0.05, 0.1) is 19.3 Å². The van der Waals surface area contributed by atoms with Crippen LogP contribution in [0.4, 0.5) is 5.69 Å². The van der Waals surface area contributed by atoms with Gasteiger partial charge >= 0.3 is 0 Å². The molecule has 1 atom stereocenters. The van der Waals surface area contributed by atoms with Crippen molar-refractivity contribution >= 4 is 11.6 Å². The topological polar surface area (TPSA) is 43.3 Å². The van der Waals surface area contributed by atoms with E-state index in [-0.39, 0.29) is 0 Å². The number of hydrogen-bond donors (Lipinski definition) is 1. The first-order valence-corrected chi connectivity index (χ1v) is 9.84. The highest BCUT2D eigenvalue weighted by Crippen LogP contribution is 2.28. The SMILES string of the molecule is CCNC(=NCC1CCCN1C)N1CCN(c2ccccc2OC)CC1. The Morgan fingerprint density at radius 2 is 1.96 bits per heavy atom. The minimum Gasteiger partial charge on any atom is -0.495 e. The van der Waals surface area contributed by atoms with Gasteiger partial charge in [-0.2, -0.15) is 0 Å². The molecule has 1 unspecified atom stereocenters. The van der Waals surface area contributed by atoms with Crippen LogP contribution in [0, 0.1) is 0 Å². The molecule has 0 amide bonds. The van der Waals surface area contributed by atoms with E-state index in [1.807, 2.05) is 12.1 Å². The Balaban J connectivity index is 1.60. The molecule has 2 heterocycles. The molecule has 1 aromatic rings. The van der Waals surface area contributed by atoms with Crippen LogP contribution in [0.3, 0.4) is 0 Å². The smallest absolute Gasteiger partial charge is 0.194 e. The lowest BCUT2D eigenvalue weighted by Gasteiger charge is -2.38. The van der Waals surface area contributed by atoms with Crippen molar-refractivity contribution in [1.82, 2.24) is 15.1 Å². The first-order valence-electron chi connectivity index (χ1n) is 9.84. The second-order valence-corrected chi connectivity index (χ2v) is 7.12. The number of para-hydroxylation sites is 2. The molecule has 6 heteroatoms. The van der Waals surface area contributed by atoms with Crippen LogP contribution in [0.25, 0.3) is 0 Å². The number of aliphatic imine (C=N–C) groups is 1. The molecule has 2 fully saturated rings. The van der Waals surface area contributed by atoms with Gasteiger partial charge in [-0.25, -0.2) is 0 Å². The Hall–Kier alpha value is -1.95. The van der Waals surface area contributed by atoms with Crippen molar-refractivity contribution in [2.45, 2.75) is 25.8 Å². The van der Waals surface area contributed by atoms with Crippen LogP contribution >= 0.6 is 0 Å². The average Bonchev–Trinajstić information content (AvgIpc) is 3.10. The zero-order chi connectivity index (χ0) is 18.4. The number of anilines is 1. The Kier molecular flexibility index (Phi) is 6.61. The second-order valence-electron chi connectivity index (χ2n) is 7.12. The fourth-order valence-corrected chi connectivity index (χ4v) is 3.88. The summed E-state index contributed by atoms with van der Waals surface area (Å²) < 4.78 is 5.52. The molecule has 1 N–H and O–H groups in total. The van der Waals surface area contributed by atoms with E-state index >= 15 is 0 Å². The molecular weight excluding hydrogens is 326 g/mol. The summed E-state index contributed by atoms with van der Waals surface area (Å²) in [6.45, 7) is 9.06. The number of rotatable bonds is 5. The number of likely N-dealkylation sites (N-methyl/N-ethyl adjacent to an activating group) is 1. The van der Waals surface area contributed by atoms with Crippen molar-refractivity contribution in [1.29, 1.82) is 0 Å². The van der Waals surface area contributed by atoms with E-state index in [1.54, 1.807) is 7.11 Å². The van der Waals surface area contributed by atoms with Crippen molar-refractivity contribution in [2.24, 2.45) is 4.99 Å². The fourth-order valence-electron chi connectivity index (χ4n) is 3.88. The van der Waals surface area contributed by atoms with Crippen LogP contribution in [0.1, 0.15) is 19.8 Å². The molecule has 1 aromatic carbocycles. The normalized spacial score (nSPS) is 22.0. The minimum absolute atomic E-state index is 0.596. The summed E-state index contributed by atoms with van der Waals surface area (Å²) in [5, 5.41) is 3.48. The maximum Gasteiger partial charge on any atom is 0.194 e. The zero-order valence-electron chi connectivity index (χ0n) is 16.4. The third-order valence-corrected chi connectivity index (χ3v) is 5.46. The lowest BCUT2D eigenvalue weighted by molar-refractivity contribution is 0.314. The Morgan fingerprint density at radius 1 is 1.19 bits per heavy atom. The monoisotopic (exact) mass is 359 g/mol. The quantitative estimate of drug-likeness (QED) is 0.642. The van der Waals surface area contributed by atoms with Crippen molar-refractivity contribution < 1.29 is 4.74 Å². The van der Waals surface area contributed by atoms with E-state index in [4.69, 9.17) is 9.73 Å². The summed E-state index contributed by atoms with van der Waals surface area (Å²) in [6, 6.07) is 8.87. The zero-order valence-corrected chi connectivity index (χ0v) is 16.4. The Labute approximate surface area is 157 Å². The third-order valence-electron chi connectivity index (χ3n) is 5.46. The summed E-state index contributed by atoms with van der Waals surface area (Å²) >= 11 is 0. The number of benzene rings is 1. The van der Waals surface area contributed by atoms with Crippen molar-refractivity contribution in [3.8, 4) is 5.75 Å². The lowest BCUT2D eigenvalue weighted by atomic mass is 10.2. The van der Waals surface area contributed by atoms with Gasteiger partial charge in [-0.1, -0.05) is 12.1 Å². The molecule has 0 bridgehead atoms. The predicted octanol–water partition coefficient (Wildman–Crippen LogP) is 1.88. The highest BCUT2D eigenvalue weighted by molar-refractivity contribution is 5.80. The van der Waals surface area contributed by atoms with Gasteiger partial charge in [-0.05, 0) is 45.5 Å². The molecule has 6 nitrogen and oxygen atoms in total. The van der Waals surface area contributed by atoms with Crippen LogP contribution < -0.4 is 15.0 Å². The van der Waals surface area contributed by atoms with E-state index in [0.717, 1.165) is 51.0 Å². The lowest BCUT2D eigenvalue weighted by Crippen LogP contribution is -2.52. The van der Waals surface area contributed by atoms with Gasteiger partial charge in [-0.15, -0.1) is 0 Å². The third kappa shape index (κ3) is 4.41. The fraction of sp³-hybridized carbons (Fsp3) is 0.650. The van der Waals surface area contributed by atoms with Crippen LogP contribution in [0.2, 0.25) is 0 Å². The number of hydrogen-bond acceptors (Lipinski definition) is 4. The van der Waals surface area contributed by atoms with Crippen LogP contribution in [-0.2, 0) is 0 Å². The molecule has 0 radical (unpaired) electrons. The number of methoxy groups -OCH3 is 1. The largest absolute Gasteiger partial charge is 0.495 e. The molecule has 2 aliphatic heterocycles. The number of guanidine groups is 1. The average molecular weight is 360 g/mol. The second kappa shape index (κ2) is 9.12. The molecule has 26 heavy (non-hydrogen) atoms. The van der Waals surface area contributed by atoms with Gasteiger partial charge in [0.25, 0.3) is 0 Å². The maximum absolute atomic E-state index is 5.52. The summed E-state index contributed by atoms with van der Waals surface area (Å²) in [5.41, 5.74) is 1.18. The van der Waals surface area contributed by atoms with Gasteiger partial charge in [0.2, 0.25) is 0 Å². The van der Waals surface area contributed by atoms with E-state index < -0.39 is 0 Å². The predicted molar refractivity (Wildman–Crippen MR) is 108 cm³/mol. The molecule has 0 saturated carbocycles. The Bertz CT molecular complexity index is 598. The standard InChI is InChI=1S/C20H33N5O/c1-4-21-20(22-16-17-8-7-11-23(17)2)25-14-12-24(13-15-25)18-9-5-6-10-19(18)26-3/h5-6,9-10,17H,4,7-8,11-16H2,1-3H3,(H,21,22). The van der Waals surface area contributed by atoms with Crippen LogP contribution in [0.5, 0.6) is 5.75 Å². The molecule has 0 aromatic heterocycles. The van der Waals surface area contributed by atoms with Crippen molar-refractivity contribution in [3.05, 3.63) is 24.3 Å². The Morgan fingerprint density at radius 3 is 2.62 bits per heavy atom. The molecule has 2 aliphatic rings. The molecule has 0 aliphatic carbocycles. The summed E-state index contributed by atoms with van der Waals surface area (Å²) in [4.78, 5) is 12.2. The molecule has 2 saturated heterocycles. The van der Waals surface area contributed by atoms with Crippen LogP contribution in [-0.4, -0.2) is 81.8 Å². The van der Waals surface area contributed by atoms with E-state index in [2.05, 4.69) is 46.1 Å². The highest BCUT2D eigenvalue weighted by Gasteiger charge is 2.23. The number of ether oxygens (including phenoxy) is 1. The van der Waals surface area contributed by atoms with Crippen molar-refractivity contribution in [2.75, 3.05) is 64.9 Å². The minimum atomic E-state index is 0.596. The van der Waals surface area contributed by atoms with E-state index in [1.165, 1.54) is 25.1 Å². The summed E-state index contributed by atoms with van der Waals surface area (Å²) in [5.74, 6) is 2.01. The maximum atomic E-state index is 5.52. The molecule has 144 valence electrons. The number of nitrogens with one attached hydrogen (secondary N) is 1. The number of piperazine rings is 1. The summed E-state index contributed by atoms with van der Waals surface area (Å²) in [7, 11) is 3.96. The van der Waals surface area contributed by atoms with Gasteiger partial charge < -0.3 is 24.8 Å². The van der Waals surface area contributed by atoms with Gasteiger partial charge in [-0.3, -0.25) is 4.99 Å². The van der Waals surface area contributed by atoms with Gasteiger partial charge in [0.1, 0.15) is 5.75 Å². The van der Waals surface area contributed by atoms with Crippen LogP contribution in [0.15, 0.2) is 29.3 Å². The summed E-state index contributed by atoms with van der Waals surface area (Å²) in [6.07, 6.45) is 2.56. The van der Waals surface area contributed by atoms with Crippen molar-refractivity contribution in [3.63, 3.8) is 0 Å².